The lowest BCUT2D eigenvalue weighted by molar-refractivity contribution is 0.171. The van der Waals surface area contributed by atoms with Gasteiger partial charge in [0.15, 0.2) is 17.5 Å². The van der Waals surface area contributed by atoms with Gasteiger partial charge in [0.1, 0.15) is 19.0 Å². The van der Waals surface area contributed by atoms with Crippen molar-refractivity contribution in [3.05, 3.63) is 28.5 Å². The summed E-state index contributed by atoms with van der Waals surface area (Å²) < 4.78 is 15.6. The lowest BCUT2D eigenvalue weighted by atomic mass is 10.2. The third-order valence-electron chi connectivity index (χ3n) is 4.94. The first-order valence-electron chi connectivity index (χ1n) is 9.79. The van der Waals surface area contributed by atoms with Crippen molar-refractivity contribution in [3.8, 4) is 11.5 Å². The van der Waals surface area contributed by atoms with E-state index in [0.717, 1.165) is 55.1 Å². The molecule has 0 aliphatic carbocycles. The maximum atomic E-state index is 6.34. The van der Waals surface area contributed by atoms with Gasteiger partial charge in [-0.1, -0.05) is 18.5 Å². The minimum absolute atomic E-state index is 0. The lowest BCUT2D eigenvalue weighted by Gasteiger charge is -2.36. The van der Waals surface area contributed by atoms with Crippen LogP contribution in [0.5, 0.6) is 11.5 Å². The molecule has 2 aliphatic rings. The number of rotatable bonds is 4. The summed E-state index contributed by atoms with van der Waals surface area (Å²) in [6.07, 6.45) is 0.872. The molecule has 3 heterocycles. The van der Waals surface area contributed by atoms with E-state index < -0.39 is 0 Å². The molecule has 1 aromatic carbocycles. The number of anilines is 1. The summed E-state index contributed by atoms with van der Waals surface area (Å²) >= 11 is 7.82. The summed E-state index contributed by atoms with van der Waals surface area (Å²) in [7, 11) is 1.81. The van der Waals surface area contributed by atoms with Crippen LogP contribution >= 0.6 is 47.1 Å². The fourth-order valence-corrected chi connectivity index (χ4v) is 4.50. The molecule has 1 fully saturated rings. The normalized spacial score (nSPS) is 16.3. The monoisotopic (exact) mass is 564 g/mol. The van der Waals surface area contributed by atoms with E-state index >= 15 is 0 Å². The van der Waals surface area contributed by atoms with Crippen molar-refractivity contribution in [3.63, 3.8) is 0 Å². The first-order valence-corrected chi connectivity index (χ1v) is 10.9. The molecule has 8 nitrogen and oxygen atoms in total. The maximum Gasteiger partial charge on any atom is 0.205 e. The fourth-order valence-electron chi connectivity index (χ4n) is 3.41. The number of aromatic nitrogens is 2. The maximum absolute atomic E-state index is 6.34. The van der Waals surface area contributed by atoms with Crippen LogP contribution in [0.25, 0.3) is 0 Å². The number of nitrogens with one attached hydrogen (secondary N) is 1. The molecule has 1 aromatic heterocycles. The highest BCUT2D eigenvalue weighted by molar-refractivity contribution is 14.0. The third kappa shape index (κ3) is 5.20. The number of halogens is 2. The summed E-state index contributed by atoms with van der Waals surface area (Å²) in [5.41, 5.74) is 1.03. The summed E-state index contributed by atoms with van der Waals surface area (Å²) in [6.45, 7) is 7.31. The highest BCUT2D eigenvalue weighted by Gasteiger charge is 2.22. The zero-order valence-corrected chi connectivity index (χ0v) is 21.0. The number of aryl methyl sites for hydroxylation is 1. The lowest BCUT2D eigenvalue weighted by Crippen LogP contribution is -2.52. The number of nitrogens with zero attached hydrogens (tertiary/aromatic N) is 5. The smallest absolute Gasteiger partial charge is 0.205 e. The van der Waals surface area contributed by atoms with Gasteiger partial charge in [0, 0.05) is 57.7 Å². The Balaban J connectivity index is 0.00000256. The number of piperazine rings is 1. The molecular formula is C19H26ClIN6O2S. The minimum Gasteiger partial charge on any atom is -0.486 e. The van der Waals surface area contributed by atoms with Crippen molar-refractivity contribution in [2.45, 2.75) is 19.9 Å². The number of guanidine groups is 1. The first-order chi connectivity index (χ1) is 14.2. The minimum atomic E-state index is 0. The van der Waals surface area contributed by atoms with Crippen LogP contribution in [0, 0.1) is 0 Å². The molecule has 4 rings (SSSR count). The van der Waals surface area contributed by atoms with Gasteiger partial charge >= 0.3 is 0 Å². The van der Waals surface area contributed by atoms with Gasteiger partial charge in [0.05, 0.1) is 5.02 Å². The molecule has 0 unspecified atom stereocenters. The Hall–Kier alpha value is -1.53. The van der Waals surface area contributed by atoms with E-state index in [1.54, 1.807) is 0 Å². The van der Waals surface area contributed by atoms with Gasteiger partial charge < -0.3 is 24.6 Å². The first kappa shape index (κ1) is 23.1. The van der Waals surface area contributed by atoms with Crippen LogP contribution in [-0.4, -0.2) is 66.7 Å². The molecule has 1 saturated heterocycles. The number of aliphatic imine (C=N–C) groups is 1. The molecule has 30 heavy (non-hydrogen) atoms. The zero-order chi connectivity index (χ0) is 20.2. The highest BCUT2D eigenvalue weighted by Crippen LogP contribution is 2.38. The number of benzene rings is 1. The Labute approximate surface area is 202 Å². The highest BCUT2D eigenvalue weighted by atomic mass is 127. The van der Waals surface area contributed by atoms with E-state index in [2.05, 4.69) is 36.4 Å². The van der Waals surface area contributed by atoms with Crippen molar-refractivity contribution >= 4 is 58.2 Å². The molecule has 0 amide bonds. The summed E-state index contributed by atoms with van der Waals surface area (Å²) in [5.74, 6) is 3.13. The van der Waals surface area contributed by atoms with E-state index in [-0.39, 0.29) is 24.0 Å². The van der Waals surface area contributed by atoms with Crippen molar-refractivity contribution in [2.75, 3.05) is 51.3 Å². The van der Waals surface area contributed by atoms with Gasteiger partial charge in [-0.25, -0.2) is 4.98 Å². The average Bonchev–Trinajstić information content (AvgIpc) is 3.24. The molecule has 0 bridgehead atoms. The van der Waals surface area contributed by atoms with Crippen molar-refractivity contribution in [1.82, 2.24) is 19.6 Å². The summed E-state index contributed by atoms with van der Waals surface area (Å²) in [6, 6.07) is 3.88. The Bertz CT molecular complexity index is 888. The van der Waals surface area contributed by atoms with Crippen molar-refractivity contribution < 1.29 is 9.47 Å². The van der Waals surface area contributed by atoms with Crippen LogP contribution in [0.4, 0.5) is 5.13 Å². The number of hydrogen-bond donors (Lipinski definition) is 1. The topological polar surface area (TPSA) is 75.1 Å². The van der Waals surface area contributed by atoms with E-state index in [0.29, 0.717) is 36.3 Å². The van der Waals surface area contributed by atoms with Gasteiger partial charge in [-0.2, -0.15) is 4.37 Å². The Kier molecular flexibility index (Phi) is 8.23. The standard InChI is InChI=1S/C19H25ClN6O2S.HI/c1-3-16-23-19(29-24-16)26-6-4-25(5-7-26)18(21-2)22-12-13-10-14(20)17-15(11-13)27-8-9-28-17;/h10-11H,3-9,12H2,1-2H3,(H,21,22);1H. The van der Waals surface area contributed by atoms with Gasteiger partial charge in [-0.05, 0) is 17.7 Å². The van der Waals surface area contributed by atoms with Crippen LogP contribution < -0.4 is 19.7 Å². The molecule has 0 atom stereocenters. The second-order valence-corrected chi connectivity index (χ2v) is 7.96. The summed E-state index contributed by atoms with van der Waals surface area (Å²) in [4.78, 5) is 13.6. The molecule has 0 spiro atoms. The van der Waals surface area contributed by atoms with E-state index in [1.165, 1.54) is 11.5 Å². The average molecular weight is 565 g/mol. The number of fused-ring (bicyclic) bond motifs is 1. The summed E-state index contributed by atoms with van der Waals surface area (Å²) in [5, 5.41) is 5.02. The molecule has 0 saturated carbocycles. The Morgan fingerprint density at radius 3 is 2.70 bits per heavy atom. The van der Waals surface area contributed by atoms with Crippen molar-refractivity contribution in [1.29, 1.82) is 0 Å². The molecule has 164 valence electrons. The fraction of sp³-hybridized carbons (Fsp3) is 0.526. The predicted octanol–water partition coefficient (Wildman–Crippen LogP) is 3.04. The third-order valence-corrected chi connectivity index (χ3v) is 6.04. The molecule has 1 N–H and O–H groups in total. The molecule has 11 heteroatoms. The van der Waals surface area contributed by atoms with Gasteiger partial charge in [-0.3, -0.25) is 4.99 Å². The van der Waals surface area contributed by atoms with Gasteiger partial charge in [0.25, 0.3) is 0 Å². The molecule has 0 radical (unpaired) electrons. The molecule has 2 aromatic rings. The molecule has 2 aliphatic heterocycles. The number of hydrogen-bond acceptors (Lipinski definition) is 7. The van der Waals surface area contributed by atoms with Crippen LogP contribution in [-0.2, 0) is 13.0 Å². The van der Waals surface area contributed by atoms with Crippen LogP contribution in [0.1, 0.15) is 18.3 Å². The second kappa shape index (κ2) is 10.7. The van der Waals surface area contributed by atoms with E-state index in [1.807, 2.05) is 19.2 Å². The van der Waals surface area contributed by atoms with Crippen molar-refractivity contribution in [2.24, 2.45) is 4.99 Å². The van der Waals surface area contributed by atoms with E-state index in [4.69, 9.17) is 21.1 Å². The van der Waals surface area contributed by atoms with Crippen LogP contribution in [0.3, 0.4) is 0 Å². The Morgan fingerprint density at radius 1 is 1.23 bits per heavy atom. The van der Waals surface area contributed by atoms with Crippen LogP contribution in [0.2, 0.25) is 5.02 Å². The van der Waals surface area contributed by atoms with Gasteiger partial charge in [0.2, 0.25) is 5.13 Å². The zero-order valence-electron chi connectivity index (χ0n) is 17.1. The quantitative estimate of drug-likeness (QED) is 0.348. The van der Waals surface area contributed by atoms with Crippen LogP contribution in [0.15, 0.2) is 17.1 Å². The second-order valence-electron chi connectivity index (χ2n) is 6.82. The number of ether oxygens (including phenoxy) is 2. The molecular weight excluding hydrogens is 539 g/mol. The predicted molar refractivity (Wildman–Crippen MR) is 131 cm³/mol. The SMILES string of the molecule is CCc1nsc(N2CCN(C(=NC)NCc3cc(Cl)c4c(c3)OCCO4)CC2)n1.I. The van der Waals surface area contributed by atoms with E-state index in [9.17, 15) is 0 Å². The van der Waals surface area contributed by atoms with Gasteiger partial charge in [-0.15, -0.1) is 24.0 Å². The Morgan fingerprint density at radius 2 is 2.00 bits per heavy atom. The largest absolute Gasteiger partial charge is 0.486 e.